The summed E-state index contributed by atoms with van der Waals surface area (Å²) in [5.41, 5.74) is 3.04. The van der Waals surface area contributed by atoms with Gasteiger partial charge in [0.1, 0.15) is 5.52 Å². The zero-order valence-electron chi connectivity index (χ0n) is 22.7. The molecule has 0 saturated heterocycles. The Bertz CT molecular complexity index is 1730. The number of nitrogens with zero attached hydrogens (tertiary/aromatic N) is 1. The number of anilines is 1. The molecule has 0 spiro atoms. The topological polar surface area (TPSA) is 94.9 Å². The molecule has 41 heavy (non-hydrogen) atoms. The maximum Gasteiger partial charge on any atom is 0.257 e. The second-order valence-corrected chi connectivity index (χ2v) is 9.67. The van der Waals surface area contributed by atoms with Gasteiger partial charge in [0.2, 0.25) is 11.6 Å². The van der Waals surface area contributed by atoms with Gasteiger partial charge in [0, 0.05) is 27.2 Å². The zero-order chi connectivity index (χ0) is 28.9. The number of carbonyl (C=O) groups excluding carboxylic acids is 1. The Labute approximate surface area is 247 Å². The number of aromatic nitrogens is 1. The molecule has 1 aromatic heterocycles. The predicted octanol–water partition coefficient (Wildman–Crippen LogP) is 7.62. The van der Waals surface area contributed by atoms with Crippen LogP contribution in [0.15, 0.2) is 71.1 Å². The molecule has 0 atom stereocenters. The van der Waals surface area contributed by atoms with Crippen molar-refractivity contribution in [3.8, 4) is 28.7 Å². The summed E-state index contributed by atoms with van der Waals surface area (Å²) in [6, 6.07) is 20.2. The molecule has 5 aromatic rings. The van der Waals surface area contributed by atoms with E-state index in [-0.39, 0.29) is 5.11 Å². The van der Waals surface area contributed by atoms with E-state index in [9.17, 15) is 4.79 Å². The summed E-state index contributed by atoms with van der Waals surface area (Å²) >= 11 is 11.8. The van der Waals surface area contributed by atoms with E-state index in [1.54, 1.807) is 30.3 Å². The fraction of sp³-hybridized carbons (Fsp3) is 0.194. The largest absolute Gasteiger partial charge is 0.490 e. The van der Waals surface area contributed by atoms with Crippen LogP contribution in [0.5, 0.6) is 17.2 Å². The SMILES string of the molecule is CCOc1cc(C(=O)NC(=S)Nc2ccc3oc(-c4cccc5c(Cl)cccc45)nc3c2)cc(OCC)c1OCC. The Morgan fingerprint density at radius 1 is 0.902 bits per heavy atom. The molecule has 0 fully saturated rings. The number of halogens is 1. The lowest BCUT2D eigenvalue weighted by atomic mass is 10.0. The first-order valence-electron chi connectivity index (χ1n) is 13.2. The molecular weight excluding hydrogens is 562 g/mol. The molecule has 0 saturated carbocycles. The summed E-state index contributed by atoms with van der Waals surface area (Å²) < 4.78 is 23.2. The number of oxazole rings is 1. The molecule has 5 rings (SSSR count). The lowest BCUT2D eigenvalue weighted by molar-refractivity contribution is 0.0976. The molecule has 0 radical (unpaired) electrons. The first-order valence-corrected chi connectivity index (χ1v) is 14.0. The van der Waals surface area contributed by atoms with Crippen LogP contribution in [0.2, 0.25) is 5.02 Å². The number of ether oxygens (including phenoxy) is 3. The van der Waals surface area contributed by atoms with Crippen molar-refractivity contribution in [2.45, 2.75) is 20.8 Å². The fourth-order valence-electron chi connectivity index (χ4n) is 4.44. The van der Waals surface area contributed by atoms with E-state index in [4.69, 9.17) is 47.4 Å². The summed E-state index contributed by atoms with van der Waals surface area (Å²) in [6.45, 7) is 6.80. The molecular formula is C31H28ClN3O5S. The van der Waals surface area contributed by atoms with E-state index >= 15 is 0 Å². The van der Waals surface area contributed by atoms with Gasteiger partial charge in [0.15, 0.2) is 22.2 Å². The maximum atomic E-state index is 13.1. The van der Waals surface area contributed by atoms with Crippen LogP contribution in [0.3, 0.4) is 0 Å². The Morgan fingerprint density at radius 2 is 1.59 bits per heavy atom. The molecule has 0 aliphatic carbocycles. The number of hydrogen-bond acceptors (Lipinski definition) is 7. The maximum absolute atomic E-state index is 13.1. The third-order valence-corrected chi connectivity index (χ3v) is 6.68. The first-order chi connectivity index (χ1) is 19.9. The number of carbonyl (C=O) groups is 1. The summed E-state index contributed by atoms with van der Waals surface area (Å²) in [4.78, 5) is 17.8. The van der Waals surface area contributed by atoms with Crippen molar-refractivity contribution >= 4 is 62.4 Å². The summed E-state index contributed by atoms with van der Waals surface area (Å²) in [5.74, 6) is 1.36. The molecule has 10 heteroatoms. The third kappa shape index (κ3) is 6.06. The van der Waals surface area contributed by atoms with Gasteiger partial charge in [0.05, 0.1) is 19.8 Å². The molecule has 1 amide bonds. The van der Waals surface area contributed by atoms with Crippen molar-refractivity contribution in [1.29, 1.82) is 0 Å². The second-order valence-electron chi connectivity index (χ2n) is 8.85. The summed E-state index contributed by atoms with van der Waals surface area (Å²) in [7, 11) is 0. The Balaban J connectivity index is 1.35. The van der Waals surface area contributed by atoms with Crippen molar-refractivity contribution < 1.29 is 23.4 Å². The van der Waals surface area contributed by atoms with Crippen molar-refractivity contribution in [2.75, 3.05) is 25.1 Å². The number of thiocarbonyl (C=S) groups is 1. The van der Waals surface area contributed by atoms with Crippen LogP contribution in [0.25, 0.3) is 33.3 Å². The smallest absolute Gasteiger partial charge is 0.257 e. The molecule has 4 aromatic carbocycles. The minimum atomic E-state index is -0.424. The highest BCUT2D eigenvalue weighted by atomic mass is 35.5. The van der Waals surface area contributed by atoms with Gasteiger partial charge in [-0.05, 0) is 80.8 Å². The average molecular weight is 590 g/mol. The lowest BCUT2D eigenvalue weighted by Crippen LogP contribution is -2.34. The number of fused-ring (bicyclic) bond motifs is 2. The van der Waals surface area contributed by atoms with Crippen molar-refractivity contribution in [3.05, 3.63) is 77.3 Å². The molecule has 0 bridgehead atoms. The molecule has 0 aliphatic heterocycles. The Kier molecular flexibility index (Phi) is 8.56. The second kappa shape index (κ2) is 12.4. The average Bonchev–Trinajstić information content (AvgIpc) is 3.38. The van der Waals surface area contributed by atoms with Gasteiger partial charge in [-0.25, -0.2) is 4.98 Å². The van der Waals surface area contributed by atoms with Crippen LogP contribution in [-0.4, -0.2) is 35.8 Å². The molecule has 2 N–H and O–H groups in total. The summed E-state index contributed by atoms with van der Waals surface area (Å²) in [6.07, 6.45) is 0. The van der Waals surface area contributed by atoms with Crippen LogP contribution in [0.4, 0.5) is 5.69 Å². The van der Waals surface area contributed by atoms with Gasteiger partial charge in [-0.15, -0.1) is 0 Å². The van der Waals surface area contributed by atoms with Gasteiger partial charge in [-0.1, -0.05) is 35.9 Å². The minimum Gasteiger partial charge on any atom is -0.490 e. The predicted molar refractivity (Wildman–Crippen MR) is 166 cm³/mol. The van der Waals surface area contributed by atoms with Crippen LogP contribution >= 0.6 is 23.8 Å². The molecule has 0 aliphatic rings. The number of nitrogens with one attached hydrogen (secondary N) is 2. The van der Waals surface area contributed by atoms with Crippen LogP contribution in [-0.2, 0) is 0 Å². The molecule has 1 heterocycles. The standard InChI is InChI=1S/C31H28ClN3O5S/c1-4-37-26-15-18(16-27(38-5-2)28(26)39-6-3)29(36)35-31(41)33-19-13-14-25-24(17-19)34-30(40-25)22-11-7-10-21-20(22)9-8-12-23(21)32/h7-17H,4-6H2,1-3H3,(H2,33,35,36,41). The van der Waals surface area contributed by atoms with Gasteiger partial charge in [-0.2, -0.15) is 0 Å². The van der Waals surface area contributed by atoms with E-state index in [0.717, 1.165) is 16.3 Å². The quantitative estimate of drug-likeness (QED) is 0.169. The number of hydrogen-bond donors (Lipinski definition) is 2. The highest BCUT2D eigenvalue weighted by Crippen LogP contribution is 2.39. The Morgan fingerprint density at radius 3 is 2.29 bits per heavy atom. The Hall–Kier alpha value is -4.34. The first kappa shape index (κ1) is 28.2. The van der Waals surface area contributed by atoms with Gasteiger partial charge in [0.25, 0.3) is 5.91 Å². The zero-order valence-corrected chi connectivity index (χ0v) is 24.3. The van der Waals surface area contributed by atoms with Gasteiger partial charge < -0.3 is 23.9 Å². The highest BCUT2D eigenvalue weighted by molar-refractivity contribution is 7.80. The van der Waals surface area contributed by atoms with E-state index in [0.29, 0.717) is 70.3 Å². The third-order valence-electron chi connectivity index (χ3n) is 6.14. The van der Waals surface area contributed by atoms with Crippen LogP contribution in [0.1, 0.15) is 31.1 Å². The van der Waals surface area contributed by atoms with E-state index in [1.165, 1.54) is 0 Å². The fourth-order valence-corrected chi connectivity index (χ4v) is 4.88. The number of benzene rings is 4. The number of amides is 1. The van der Waals surface area contributed by atoms with E-state index < -0.39 is 5.91 Å². The normalized spacial score (nSPS) is 10.9. The van der Waals surface area contributed by atoms with Gasteiger partial charge in [-0.3, -0.25) is 10.1 Å². The van der Waals surface area contributed by atoms with Crippen molar-refractivity contribution in [2.24, 2.45) is 0 Å². The molecule has 0 unspecified atom stereocenters. The van der Waals surface area contributed by atoms with Crippen molar-refractivity contribution in [1.82, 2.24) is 10.3 Å². The van der Waals surface area contributed by atoms with Gasteiger partial charge >= 0.3 is 0 Å². The lowest BCUT2D eigenvalue weighted by Gasteiger charge is -2.17. The van der Waals surface area contributed by atoms with Crippen LogP contribution < -0.4 is 24.8 Å². The minimum absolute atomic E-state index is 0.117. The summed E-state index contributed by atoms with van der Waals surface area (Å²) in [5, 5.41) is 8.41. The monoisotopic (exact) mass is 589 g/mol. The highest BCUT2D eigenvalue weighted by Gasteiger charge is 2.19. The molecule has 210 valence electrons. The van der Waals surface area contributed by atoms with E-state index in [1.807, 2.05) is 57.2 Å². The molecule has 8 nitrogen and oxygen atoms in total. The van der Waals surface area contributed by atoms with Crippen LogP contribution in [0, 0.1) is 0 Å². The van der Waals surface area contributed by atoms with E-state index in [2.05, 4.69) is 10.6 Å². The van der Waals surface area contributed by atoms with Crippen molar-refractivity contribution in [3.63, 3.8) is 0 Å². The number of rotatable bonds is 9.